The lowest BCUT2D eigenvalue weighted by Gasteiger charge is -2.27. The summed E-state index contributed by atoms with van der Waals surface area (Å²) in [5, 5.41) is 8.82. The van der Waals surface area contributed by atoms with E-state index in [9.17, 15) is 17.6 Å². The van der Waals surface area contributed by atoms with E-state index in [0.717, 1.165) is 0 Å². The van der Waals surface area contributed by atoms with Crippen LogP contribution in [0.2, 0.25) is 0 Å². The molecule has 2 saturated heterocycles. The lowest BCUT2D eigenvalue weighted by Crippen LogP contribution is -2.32. The summed E-state index contributed by atoms with van der Waals surface area (Å²) in [6, 6.07) is 5.73. The molecule has 140 valence electrons. The summed E-state index contributed by atoms with van der Waals surface area (Å²) < 4.78 is 41.9. The number of carbonyl (C=O) groups is 1. The molecule has 2 aliphatic heterocycles. The van der Waals surface area contributed by atoms with Gasteiger partial charge in [0.2, 0.25) is 5.91 Å². The summed E-state index contributed by atoms with van der Waals surface area (Å²) in [4.78, 5) is 13.9. The molecule has 1 atom stereocenters. The number of ether oxygens (including phenoxy) is 1. The van der Waals surface area contributed by atoms with Gasteiger partial charge in [0.25, 0.3) is 0 Å². The molecular formula is C18H21FN2O4S. The molecule has 0 aromatic heterocycles. The Bertz CT molecular complexity index is 820. The van der Waals surface area contributed by atoms with Crippen molar-refractivity contribution in [1.29, 1.82) is 5.26 Å². The van der Waals surface area contributed by atoms with Crippen molar-refractivity contribution in [2.75, 3.05) is 31.2 Å². The van der Waals surface area contributed by atoms with Crippen LogP contribution in [-0.4, -0.2) is 50.4 Å². The average Bonchev–Trinajstić information content (AvgIpc) is 2.97. The third-order valence-electron chi connectivity index (χ3n) is 5.20. The number of nitrogens with zero attached hydrogens (tertiary/aromatic N) is 2. The van der Waals surface area contributed by atoms with Crippen LogP contribution in [0.15, 0.2) is 18.2 Å². The molecule has 0 radical (unpaired) electrons. The van der Waals surface area contributed by atoms with Crippen molar-refractivity contribution in [2.24, 2.45) is 11.8 Å². The minimum Gasteiger partial charge on any atom is -0.492 e. The molecule has 0 spiro atoms. The van der Waals surface area contributed by atoms with Crippen LogP contribution in [0.25, 0.3) is 0 Å². The first-order chi connectivity index (χ1) is 12.4. The van der Waals surface area contributed by atoms with Gasteiger partial charge in [0.1, 0.15) is 34.1 Å². The average molecular weight is 380 g/mol. The van der Waals surface area contributed by atoms with Crippen molar-refractivity contribution in [3.05, 3.63) is 29.6 Å². The van der Waals surface area contributed by atoms with Gasteiger partial charge in [-0.05, 0) is 36.8 Å². The molecule has 1 unspecified atom stereocenters. The Balaban J connectivity index is 1.49. The van der Waals surface area contributed by atoms with Gasteiger partial charge < -0.3 is 9.64 Å². The number of hydrogen-bond acceptors (Lipinski definition) is 5. The van der Waals surface area contributed by atoms with E-state index in [-0.39, 0.29) is 41.4 Å². The highest BCUT2D eigenvalue weighted by atomic mass is 32.2. The molecule has 3 rings (SSSR count). The number of likely N-dealkylation sites (tertiary alicyclic amines) is 1. The summed E-state index contributed by atoms with van der Waals surface area (Å²) in [6.45, 7) is 1.30. The van der Waals surface area contributed by atoms with Crippen molar-refractivity contribution in [3.63, 3.8) is 0 Å². The van der Waals surface area contributed by atoms with Crippen molar-refractivity contribution >= 4 is 15.7 Å². The van der Waals surface area contributed by atoms with Crippen LogP contribution in [0.4, 0.5) is 4.39 Å². The van der Waals surface area contributed by atoms with E-state index >= 15 is 0 Å². The summed E-state index contributed by atoms with van der Waals surface area (Å²) in [6.07, 6.45) is 1.73. The zero-order chi connectivity index (χ0) is 18.7. The number of benzene rings is 1. The van der Waals surface area contributed by atoms with Gasteiger partial charge in [-0.3, -0.25) is 4.79 Å². The van der Waals surface area contributed by atoms with E-state index in [1.165, 1.54) is 18.2 Å². The van der Waals surface area contributed by atoms with Gasteiger partial charge in [0.05, 0.1) is 23.6 Å². The molecule has 1 aromatic rings. The van der Waals surface area contributed by atoms with Gasteiger partial charge in [0, 0.05) is 19.0 Å². The maximum Gasteiger partial charge on any atom is 0.223 e. The van der Waals surface area contributed by atoms with Crippen molar-refractivity contribution in [2.45, 2.75) is 19.3 Å². The number of rotatable bonds is 5. The second-order valence-electron chi connectivity index (χ2n) is 6.90. The van der Waals surface area contributed by atoms with Crippen LogP contribution in [0.3, 0.4) is 0 Å². The number of halogens is 1. The topological polar surface area (TPSA) is 87.5 Å². The molecule has 6 nitrogen and oxygen atoms in total. The third-order valence-corrected chi connectivity index (χ3v) is 6.91. The van der Waals surface area contributed by atoms with Crippen LogP contribution in [0.5, 0.6) is 5.75 Å². The first-order valence-corrected chi connectivity index (χ1v) is 10.5. The van der Waals surface area contributed by atoms with Gasteiger partial charge in [-0.1, -0.05) is 0 Å². The third kappa shape index (κ3) is 4.33. The first-order valence-electron chi connectivity index (χ1n) is 8.68. The molecule has 0 aliphatic carbocycles. The normalized spacial score (nSPS) is 23.0. The Hall–Kier alpha value is -2.14. The molecule has 0 bridgehead atoms. The van der Waals surface area contributed by atoms with Gasteiger partial charge in [-0.2, -0.15) is 5.26 Å². The minimum absolute atomic E-state index is 0.0591. The fraction of sp³-hybridized carbons (Fsp3) is 0.556. The monoisotopic (exact) mass is 380 g/mol. The number of nitriles is 1. The smallest absolute Gasteiger partial charge is 0.223 e. The molecule has 1 aromatic carbocycles. The largest absolute Gasteiger partial charge is 0.492 e. The lowest BCUT2D eigenvalue weighted by atomic mass is 9.87. The Morgan fingerprint density at radius 2 is 2.00 bits per heavy atom. The predicted molar refractivity (Wildman–Crippen MR) is 92.7 cm³/mol. The molecule has 0 saturated carbocycles. The standard InChI is InChI=1S/C18H21FN2O4S/c19-17-2-1-16(9-14(17)11-20)25-6-5-21-12-15(10-18(21)22)13-3-7-26(23,24)8-4-13/h1-2,9,13,15H,3-8,10,12H2. The number of hydrogen-bond donors (Lipinski definition) is 0. The Kier molecular flexibility index (Phi) is 5.47. The molecule has 1 amide bonds. The highest BCUT2D eigenvalue weighted by molar-refractivity contribution is 7.91. The lowest BCUT2D eigenvalue weighted by molar-refractivity contribution is -0.128. The molecule has 2 heterocycles. The van der Waals surface area contributed by atoms with Gasteiger partial charge in [-0.25, -0.2) is 12.8 Å². The second-order valence-corrected chi connectivity index (χ2v) is 9.20. The molecule has 2 aliphatic rings. The van der Waals surface area contributed by atoms with Gasteiger partial charge in [-0.15, -0.1) is 0 Å². The van der Waals surface area contributed by atoms with Crippen LogP contribution < -0.4 is 4.74 Å². The zero-order valence-corrected chi connectivity index (χ0v) is 15.2. The second kappa shape index (κ2) is 7.62. The van der Waals surface area contributed by atoms with Crippen LogP contribution in [-0.2, 0) is 14.6 Å². The molecular weight excluding hydrogens is 359 g/mol. The van der Waals surface area contributed by atoms with Crippen molar-refractivity contribution in [3.8, 4) is 11.8 Å². The summed E-state index contributed by atoms with van der Waals surface area (Å²) in [7, 11) is -2.89. The van der Waals surface area contributed by atoms with Crippen LogP contribution >= 0.6 is 0 Å². The van der Waals surface area contributed by atoms with Gasteiger partial charge >= 0.3 is 0 Å². The quantitative estimate of drug-likeness (QED) is 0.777. The van der Waals surface area contributed by atoms with E-state index < -0.39 is 15.7 Å². The fourth-order valence-corrected chi connectivity index (χ4v) is 5.20. The van der Waals surface area contributed by atoms with Crippen molar-refractivity contribution in [1.82, 2.24) is 4.90 Å². The Labute approximate surface area is 152 Å². The van der Waals surface area contributed by atoms with E-state index in [1.807, 2.05) is 0 Å². The Morgan fingerprint density at radius 1 is 1.27 bits per heavy atom. The number of carbonyl (C=O) groups excluding carboxylic acids is 1. The number of amides is 1. The first kappa shape index (κ1) is 18.6. The summed E-state index contributed by atoms with van der Waals surface area (Å²) in [5.41, 5.74) is -0.0768. The highest BCUT2D eigenvalue weighted by Crippen LogP contribution is 2.33. The van der Waals surface area contributed by atoms with Crippen LogP contribution in [0, 0.1) is 29.0 Å². The fourth-order valence-electron chi connectivity index (χ4n) is 3.67. The molecule has 26 heavy (non-hydrogen) atoms. The highest BCUT2D eigenvalue weighted by Gasteiger charge is 2.37. The van der Waals surface area contributed by atoms with E-state index in [0.29, 0.717) is 38.1 Å². The molecule has 2 fully saturated rings. The maximum atomic E-state index is 13.3. The van der Waals surface area contributed by atoms with Crippen LogP contribution in [0.1, 0.15) is 24.8 Å². The molecule has 8 heteroatoms. The number of sulfone groups is 1. The minimum atomic E-state index is -2.89. The summed E-state index contributed by atoms with van der Waals surface area (Å²) >= 11 is 0. The molecule has 0 N–H and O–H groups in total. The summed E-state index contributed by atoms with van der Waals surface area (Å²) in [5.74, 6) is 0.784. The van der Waals surface area contributed by atoms with Gasteiger partial charge in [0.15, 0.2) is 0 Å². The zero-order valence-electron chi connectivity index (χ0n) is 14.4. The van der Waals surface area contributed by atoms with E-state index in [1.54, 1.807) is 11.0 Å². The van der Waals surface area contributed by atoms with Crippen molar-refractivity contribution < 1.29 is 22.3 Å². The van der Waals surface area contributed by atoms with E-state index in [2.05, 4.69) is 0 Å². The maximum absolute atomic E-state index is 13.3. The van der Waals surface area contributed by atoms with E-state index in [4.69, 9.17) is 10.00 Å². The predicted octanol–water partition coefficient (Wildman–Crippen LogP) is 1.75. The SMILES string of the molecule is N#Cc1cc(OCCN2CC(C3CCS(=O)(=O)CC3)CC2=O)ccc1F. The Morgan fingerprint density at radius 3 is 2.69 bits per heavy atom.